The van der Waals surface area contributed by atoms with Crippen LogP contribution in [0, 0.1) is 11.7 Å². The topological polar surface area (TPSA) is 45.7 Å². The summed E-state index contributed by atoms with van der Waals surface area (Å²) >= 11 is 0. The van der Waals surface area contributed by atoms with Crippen LogP contribution in [0.25, 0.3) is 0 Å². The number of nitrogens with one attached hydrogen (secondary N) is 1. The molecule has 1 aliphatic carbocycles. The molecule has 0 saturated heterocycles. The summed E-state index contributed by atoms with van der Waals surface area (Å²) in [4.78, 5) is 11.7. The van der Waals surface area contributed by atoms with Crippen LogP contribution >= 0.6 is 0 Å². The molecule has 4 heteroatoms. The van der Waals surface area contributed by atoms with Crippen molar-refractivity contribution in [3.8, 4) is 0 Å². The highest BCUT2D eigenvalue weighted by molar-refractivity contribution is 5.91. The van der Waals surface area contributed by atoms with Crippen molar-refractivity contribution >= 4 is 11.6 Å². The average Bonchev–Trinajstić information content (AvgIpc) is 2.40. The van der Waals surface area contributed by atoms with Crippen molar-refractivity contribution in [3.05, 3.63) is 30.1 Å². The van der Waals surface area contributed by atoms with E-state index in [9.17, 15) is 9.18 Å². The molecule has 1 fully saturated rings. The predicted molar refractivity (Wildman–Crippen MR) is 73.3 cm³/mol. The second kappa shape index (κ2) is 7.24. The first-order valence-corrected chi connectivity index (χ1v) is 7.11. The lowest BCUT2D eigenvalue weighted by Crippen LogP contribution is -2.87. The first-order valence-electron chi connectivity index (χ1n) is 7.11. The number of amides is 1. The highest BCUT2D eigenvalue weighted by atomic mass is 19.1. The molecule has 19 heavy (non-hydrogen) atoms. The first-order chi connectivity index (χ1) is 9.24. The number of rotatable bonds is 5. The van der Waals surface area contributed by atoms with Gasteiger partial charge in [-0.15, -0.1) is 0 Å². The van der Waals surface area contributed by atoms with Gasteiger partial charge in [-0.25, -0.2) is 4.39 Å². The molecule has 0 heterocycles. The highest BCUT2D eigenvalue weighted by Crippen LogP contribution is 2.21. The number of hydrogen-bond acceptors (Lipinski definition) is 1. The van der Waals surface area contributed by atoms with Gasteiger partial charge in [-0.05, 0) is 31.0 Å². The van der Waals surface area contributed by atoms with Gasteiger partial charge in [0.25, 0.3) is 5.91 Å². The first kappa shape index (κ1) is 14.0. The van der Waals surface area contributed by atoms with E-state index in [0.717, 1.165) is 12.5 Å². The molecule has 1 aliphatic rings. The van der Waals surface area contributed by atoms with E-state index in [1.165, 1.54) is 44.2 Å². The number of halogens is 1. The molecule has 0 spiro atoms. The number of hydrogen-bond donors (Lipinski definition) is 2. The lowest BCUT2D eigenvalue weighted by atomic mass is 9.89. The lowest BCUT2D eigenvalue weighted by Gasteiger charge is -2.19. The summed E-state index contributed by atoms with van der Waals surface area (Å²) in [7, 11) is 0. The number of anilines is 1. The van der Waals surface area contributed by atoms with Crippen molar-refractivity contribution in [2.45, 2.75) is 32.1 Å². The van der Waals surface area contributed by atoms with Crippen molar-refractivity contribution < 1.29 is 14.5 Å². The zero-order valence-corrected chi connectivity index (χ0v) is 11.2. The molecule has 1 aromatic carbocycles. The van der Waals surface area contributed by atoms with Crippen LogP contribution in [0.4, 0.5) is 10.1 Å². The summed E-state index contributed by atoms with van der Waals surface area (Å²) in [6.07, 6.45) is 6.60. The Kier molecular flexibility index (Phi) is 5.33. The maximum atomic E-state index is 13.0. The predicted octanol–water partition coefficient (Wildman–Crippen LogP) is 1.91. The number of carbonyl (C=O) groups is 1. The third kappa shape index (κ3) is 4.99. The minimum atomic E-state index is -0.330. The Labute approximate surface area is 113 Å². The largest absolute Gasteiger partial charge is 0.338 e. The van der Waals surface area contributed by atoms with E-state index in [-0.39, 0.29) is 11.7 Å². The average molecular weight is 265 g/mol. The lowest BCUT2D eigenvalue weighted by molar-refractivity contribution is -0.649. The fourth-order valence-corrected chi connectivity index (χ4v) is 2.65. The fraction of sp³-hybridized carbons (Fsp3) is 0.533. The Morgan fingerprint density at radius 3 is 2.84 bits per heavy atom. The number of carbonyl (C=O) groups excluding carboxylic acids is 1. The van der Waals surface area contributed by atoms with Gasteiger partial charge in [0.15, 0.2) is 6.54 Å². The van der Waals surface area contributed by atoms with Gasteiger partial charge in [0.05, 0.1) is 6.54 Å². The molecule has 1 aromatic rings. The van der Waals surface area contributed by atoms with Crippen LogP contribution in [0.1, 0.15) is 32.1 Å². The van der Waals surface area contributed by atoms with E-state index in [2.05, 4.69) is 10.6 Å². The molecule has 3 N–H and O–H groups in total. The van der Waals surface area contributed by atoms with Gasteiger partial charge < -0.3 is 10.6 Å². The normalized spacial score (nSPS) is 16.3. The van der Waals surface area contributed by atoms with Crippen LogP contribution in [0.3, 0.4) is 0 Å². The van der Waals surface area contributed by atoms with Gasteiger partial charge in [0.1, 0.15) is 5.82 Å². The Balaban J connectivity index is 1.67. The standard InChI is InChI=1S/C15H21FN2O/c16-13-7-4-8-14(9-13)18-15(19)11-17-10-12-5-2-1-3-6-12/h4,7-9,12,17H,1-3,5-6,10-11H2,(H,18,19)/p+1. The van der Waals surface area contributed by atoms with E-state index in [1.54, 1.807) is 12.1 Å². The second-order valence-corrected chi connectivity index (χ2v) is 5.29. The van der Waals surface area contributed by atoms with E-state index >= 15 is 0 Å². The van der Waals surface area contributed by atoms with Crippen LogP contribution in [0.5, 0.6) is 0 Å². The molecule has 0 unspecified atom stereocenters. The maximum Gasteiger partial charge on any atom is 0.279 e. The van der Waals surface area contributed by atoms with E-state index in [4.69, 9.17) is 0 Å². The summed E-state index contributed by atoms with van der Waals surface area (Å²) in [6.45, 7) is 1.43. The molecule has 3 nitrogen and oxygen atoms in total. The zero-order valence-electron chi connectivity index (χ0n) is 11.2. The third-order valence-electron chi connectivity index (χ3n) is 3.66. The van der Waals surface area contributed by atoms with Gasteiger partial charge in [0, 0.05) is 11.6 Å². The third-order valence-corrected chi connectivity index (χ3v) is 3.66. The number of benzene rings is 1. The Bertz CT molecular complexity index is 416. The Morgan fingerprint density at radius 1 is 1.32 bits per heavy atom. The smallest absolute Gasteiger partial charge is 0.279 e. The van der Waals surface area contributed by atoms with Gasteiger partial charge in [-0.3, -0.25) is 4.79 Å². The minimum Gasteiger partial charge on any atom is -0.338 e. The SMILES string of the molecule is O=C(C[NH2+]CC1CCCCC1)Nc1cccc(F)c1. The molecule has 1 saturated carbocycles. The molecule has 0 atom stereocenters. The Morgan fingerprint density at radius 2 is 2.11 bits per heavy atom. The summed E-state index contributed by atoms with van der Waals surface area (Å²) in [5, 5.41) is 4.77. The number of quaternary nitrogens is 1. The number of nitrogens with two attached hydrogens (primary N) is 1. The quantitative estimate of drug-likeness (QED) is 0.839. The van der Waals surface area contributed by atoms with Crippen LogP contribution in [-0.2, 0) is 4.79 Å². The molecule has 1 amide bonds. The molecule has 0 bridgehead atoms. The van der Waals surface area contributed by atoms with Gasteiger partial charge in [-0.2, -0.15) is 0 Å². The summed E-state index contributed by atoms with van der Waals surface area (Å²) in [5.74, 6) is 0.362. The summed E-state index contributed by atoms with van der Waals surface area (Å²) in [6, 6.07) is 5.99. The molecule has 0 aliphatic heterocycles. The van der Waals surface area contributed by atoms with Crippen LogP contribution in [0.2, 0.25) is 0 Å². The zero-order chi connectivity index (χ0) is 13.5. The van der Waals surface area contributed by atoms with Crippen molar-refractivity contribution in [1.29, 1.82) is 0 Å². The van der Waals surface area contributed by atoms with E-state index < -0.39 is 0 Å². The molecule has 104 valence electrons. The molecular formula is C15H22FN2O+. The Hall–Kier alpha value is -1.42. The molecule has 0 aromatic heterocycles. The van der Waals surface area contributed by atoms with Crippen molar-refractivity contribution in [1.82, 2.24) is 0 Å². The highest BCUT2D eigenvalue weighted by Gasteiger charge is 2.15. The van der Waals surface area contributed by atoms with Gasteiger partial charge >= 0.3 is 0 Å². The van der Waals surface area contributed by atoms with E-state index in [1.807, 2.05) is 0 Å². The second-order valence-electron chi connectivity index (χ2n) is 5.29. The maximum absolute atomic E-state index is 13.0. The fourth-order valence-electron chi connectivity index (χ4n) is 2.65. The van der Waals surface area contributed by atoms with Crippen molar-refractivity contribution in [3.63, 3.8) is 0 Å². The van der Waals surface area contributed by atoms with Crippen molar-refractivity contribution in [2.75, 3.05) is 18.4 Å². The summed E-state index contributed by atoms with van der Waals surface area (Å²) < 4.78 is 13.0. The van der Waals surface area contributed by atoms with Crippen molar-refractivity contribution in [2.24, 2.45) is 5.92 Å². The van der Waals surface area contributed by atoms with Crippen LogP contribution in [0.15, 0.2) is 24.3 Å². The van der Waals surface area contributed by atoms with Crippen LogP contribution < -0.4 is 10.6 Å². The molecular weight excluding hydrogens is 243 g/mol. The summed E-state index contributed by atoms with van der Waals surface area (Å²) in [5.41, 5.74) is 0.524. The van der Waals surface area contributed by atoms with Gasteiger partial charge in [0.2, 0.25) is 0 Å². The molecule has 2 rings (SSSR count). The molecule has 0 radical (unpaired) electrons. The van der Waals surface area contributed by atoms with Crippen LogP contribution in [-0.4, -0.2) is 19.0 Å². The van der Waals surface area contributed by atoms with E-state index in [0.29, 0.717) is 12.2 Å². The monoisotopic (exact) mass is 265 g/mol. The van der Waals surface area contributed by atoms with Gasteiger partial charge in [-0.1, -0.05) is 25.3 Å². The minimum absolute atomic E-state index is 0.0681.